The number of nitrogens with one attached hydrogen (secondary N) is 1. The Morgan fingerprint density at radius 3 is 2.24 bits per heavy atom. The molecule has 1 aromatic heterocycles. The minimum absolute atomic E-state index is 0.0311. The van der Waals surface area contributed by atoms with Gasteiger partial charge in [-0.15, -0.1) is 10.2 Å². The van der Waals surface area contributed by atoms with Crippen LogP contribution in [0.5, 0.6) is 0 Å². The highest BCUT2D eigenvalue weighted by atomic mass is 32.2. The third-order valence-electron chi connectivity index (χ3n) is 5.54. The van der Waals surface area contributed by atoms with Crippen molar-refractivity contribution in [2.75, 3.05) is 0 Å². The maximum atomic E-state index is 14.3. The van der Waals surface area contributed by atoms with Crippen LogP contribution >= 0.6 is 0 Å². The molecule has 182 valence electrons. The minimum Gasteiger partial charge on any atom is -0.317 e. The van der Waals surface area contributed by atoms with Crippen LogP contribution in [-0.2, 0) is 16.2 Å². The molecule has 4 rings (SSSR count). The van der Waals surface area contributed by atoms with Crippen molar-refractivity contribution < 1.29 is 34.8 Å². The summed E-state index contributed by atoms with van der Waals surface area (Å²) in [7, 11) is -4.62. The van der Waals surface area contributed by atoms with E-state index in [1.165, 1.54) is 29.4 Å². The van der Waals surface area contributed by atoms with E-state index in [1.54, 1.807) is 0 Å². The van der Waals surface area contributed by atoms with Gasteiger partial charge in [0, 0.05) is 24.9 Å². The van der Waals surface area contributed by atoms with Gasteiger partial charge < -0.3 is 4.57 Å². The molecule has 1 fully saturated rings. The smallest absolute Gasteiger partial charge is 0.317 e. The van der Waals surface area contributed by atoms with E-state index in [4.69, 9.17) is 0 Å². The lowest BCUT2D eigenvalue weighted by Crippen LogP contribution is -2.45. The van der Waals surface area contributed by atoms with Gasteiger partial charge in [-0.25, -0.2) is 26.3 Å². The highest BCUT2D eigenvalue weighted by Gasteiger charge is 2.43. The molecule has 0 amide bonds. The topological polar surface area (TPSA) is 76.9 Å². The number of benzene rings is 2. The van der Waals surface area contributed by atoms with E-state index in [2.05, 4.69) is 14.9 Å². The van der Waals surface area contributed by atoms with Crippen LogP contribution in [0.4, 0.5) is 26.3 Å². The normalized spacial score (nSPS) is 20.9. The van der Waals surface area contributed by atoms with Crippen LogP contribution in [-0.4, -0.2) is 35.1 Å². The number of rotatable bonds is 5. The first kappa shape index (κ1) is 24.2. The fraction of sp³-hybridized carbons (Fsp3) is 0.333. The third-order valence-corrected chi connectivity index (χ3v) is 7.04. The molecule has 1 heterocycles. The van der Waals surface area contributed by atoms with Gasteiger partial charge in [0.1, 0.15) is 18.5 Å². The number of aromatic nitrogens is 3. The summed E-state index contributed by atoms with van der Waals surface area (Å²) in [6, 6.07) is 4.58. The van der Waals surface area contributed by atoms with Crippen LogP contribution in [0, 0.1) is 5.82 Å². The Morgan fingerprint density at radius 2 is 1.62 bits per heavy atom. The van der Waals surface area contributed by atoms with Crippen molar-refractivity contribution in [2.45, 2.75) is 48.3 Å². The quantitative estimate of drug-likeness (QED) is 0.506. The highest BCUT2D eigenvalue weighted by molar-refractivity contribution is 7.89. The molecule has 1 N–H and O–H groups in total. The lowest BCUT2D eigenvalue weighted by Gasteiger charge is -2.35. The van der Waals surface area contributed by atoms with Gasteiger partial charge in [0.15, 0.2) is 0 Å². The van der Waals surface area contributed by atoms with Crippen molar-refractivity contribution in [3.05, 3.63) is 66.5 Å². The number of nitrogens with zero attached hydrogens (tertiary/aromatic N) is 3. The Bertz CT molecular complexity index is 1260. The number of sulfonamides is 1. The maximum absolute atomic E-state index is 14.3. The molecule has 6 nitrogen and oxygen atoms in total. The Hall–Kier alpha value is -2.93. The van der Waals surface area contributed by atoms with Gasteiger partial charge in [0.05, 0.1) is 10.5 Å². The zero-order valence-corrected chi connectivity index (χ0v) is 18.1. The lowest BCUT2D eigenvalue weighted by atomic mass is 9.88. The molecule has 0 unspecified atom stereocenters. The van der Waals surface area contributed by atoms with Crippen LogP contribution in [0.15, 0.2) is 60.0 Å². The molecule has 1 aliphatic carbocycles. The molecule has 34 heavy (non-hydrogen) atoms. The molecular formula is C21H18F6N4O2S. The Balaban J connectivity index is 1.68. The molecule has 0 spiro atoms. The van der Waals surface area contributed by atoms with E-state index in [-0.39, 0.29) is 17.5 Å². The maximum Gasteiger partial charge on any atom is 0.416 e. The summed E-state index contributed by atoms with van der Waals surface area (Å²) in [5, 5.41) is 7.14. The van der Waals surface area contributed by atoms with Crippen molar-refractivity contribution in [3.8, 4) is 11.1 Å². The van der Waals surface area contributed by atoms with E-state index >= 15 is 0 Å². The molecular weight excluding hydrogens is 486 g/mol. The van der Waals surface area contributed by atoms with Crippen molar-refractivity contribution >= 4 is 10.0 Å². The molecule has 2 atom stereocenters. The molecule has 1 saturated carbocycles. The van der Waals surface area contributed by atoms with Crippen LogP contribution in [0.3, 0.4) is 0 Å². The fourth-order valence-electron chi connectivity index (χ4n) is 4.01. The van der Waals surface area contributed by atoms with Crippen molar-refractivity contribution in [2.24, 2.45) is 0 Å². The zero-order valence-electron chi connectivity index (χ0n) is 17.3. The van der Waals surface area contributed by atoms with Crippen LogP contribution in [0.1, 0.15) is 30.9 Å². The van der Waals surface area contributed by atoms with Crippen molar-refractivity contribution in [1.82, 2.24) is 19.5 Å². The highest BCUT2D eigenvalue weighted by Crippen LogP contribution is 2.40. The minimum atomic E-state index is -4.88. The first-order valence-electron chi connectivity index (χ1n) is 10.0. The van der Waals surface area contributed by atoms with E-state index < -0.39 is 63.3 Å². The monoisotopic (exact) mass is 504 g/mol. The van der Waals surface area contributed by atoms with Gasteiger partial charge in [-0.05, 0) is 47.9 Å². The summed E-state index contributed by atoms with van der Waals surface area (Å²) in [5.41, 5.74) is -1.21. The van der Waals surface area contributed by atoms with Gasteiger partial charge in [-0.1, -0.05) is 12.1 Å². The number of alkyl halides is 5. The molecule has 2 aromatic carbocycles. The van der Waals surface area contributed by atoms with Gasteiger partial charge >= 0.3 is 6.18 Å². The predicted octanol–water partition coefficient (Wildman–Crippen LogP) is 4.81. The molecule has 13 heteroatoms. The van der Waals surface area contributed by atoms with E-state index in [9.17, 15) is 34.8 Å². The van der Waals surface area contributed by atoms with Crippen molar-refractivity contribution in [3.63, 3.8) is 0 Å². The van der Waals surface area contributed by atoms with Crippen LogP contribution < -0.4 is 4.72 Å². The average Bonchev–Trinajstić information content (AvgIpc) is 3.27. The zero-order chi connectivity index (χ0) is 24.7. The molecule has 0 bridgehead atoms. The second-order valence-corrected chi connectivity index (χ2v) is 9.85. The van der Waals surface area contributed by atoms with Gasteiger partial charge in [0.25, 0.3) is 5.92 Å². The lowest BCUT2D eigenvalue weighted by molar-refractivity contribution is -0.137. The molecule has 0 radical (unpaired) electrons. The fourth-order valence-corrected chi connectivity index (χ4v) is 5.33. The molecule has 1 aliphatic rings. The summed E-state index contributed by atoms with van der Waals surface area (Å²) >= 11 is 0. The Labute approximate surface area is 190 Å². The van der Waals surface area contributed by atoms with Crippen LogP contribution in [0.25, 0.3) is 11.1 Å². The molecule has 3 aromatic rings. The summed E-state index contributed by atoms with van der Waals surface area (Å²) in [6.07, 6.45) is -3.80. The van der Waals surface area contributed by atoms with Crippen molar-refractivity contribution in [1.29, 1.82) is 0 Å². The number of hydrogen-bond donors (Lipinski definition) is 1. The Kier molecular flexibility index (Phi) is 6.19. The number of halogens is 6. The van der Waals surface area contributed by atoms with Gasteiger partial charge in [-0.2, -0.15) is 13.2 Å². The molecule has 0 saturated heterocycles. The van der Waals surface area contributed by atoms with E-state index in [0.29, 0.717) is 6.07 Å². The Morgan fingerprint density at radius 1 is 0.971 bits per heavy atom. The largest absolute Gasteiger partial charge is 0.416 e. The van der Waals surface area contributed by atoms with Crippen LogP contribution in [0.2, 0.25) is 0 Å². The summed E-state index contributed by atoms with van der Waals surface area (Å²) in [6.45, 7) is 0. The summed E-state index contributed by atoms with van der Waals surface area (Å²) in [5.74, 6) is -3.83. The number of hydrogen-bond acceptors (Lipinski definition) is 4. The summed E-state index contributed by atoms with van der Waals surface area (Å²) < 4.78 is 112. The average molecular weight is 504 g/mol. The van der Waals surface area contributed by atoms with E-state index in [0.717, 1.165) is 24.3 Å². The van der Waals surface area contributed by atoms with E-state index in [1.807, 2.05) is 0 Å². The second-order valence-electron chi connectivity index (χ2n) is 8.13. The third kappa shape index (κ3) is 5.41. The second kappa shape index (κ2) is 8.69. The standard InChI is InChI=1S/C21H18F6N4O2S/c22-16-3-1-13(2-4-16)14-5-15(21(25,26)27)7-19(6-14)34(32,33)30-17-8-18(10-20(23,24)9-17)31-11-28-29-12-31/h1-7,11-12,17-18,30H,8-10H2/t17-,18+/m1/s1. The van der Waals surface area contributed by atoms with Gasteiger partial charge in [-0.3, -0.25) is 0 Å². The predicted molar refractivity (Wildman–Crippen MR) is 109 cm³/mol. The SMILES string of the molecule is O=S(=O)(N[C@@H]1C[C@H](n2cnnc2)CC(F)(F)C1)c1cc(-c2ccc(F)cc2)cc(C(F)(F)F)c1. The first-order chi connectivity index (χ1) is 15.8. The van der Waals surface area contributed by atoms with Gasteiger partial charge in [0.2, 0.25) is 10.0 Å². The molecule has 0 aliphatic heterocycles. The summed E-state index contributed by atoms with van der Waals surface area (Å²) in [4.78, 5) is -0.739. The first-order valence-corrected chi connectivity index (χ1v) is 11.5.